The van der Waals surface area contributed by atoms with Gasteiger partial charge in [-0.15, -0.1) is 0 Å². The van der Waals surface area contributed by atoms with Crippen molar-refractivity contribution in [2.75, 3.05) is 11.5 Å². The summed E-state index contributed by atoms with van der Waals surface area (Å²) in [5.41, 5.74) is 12.5. The van der Waals surface area contributed by atoms with Crippen molar-refractivity contribution in [2.45, 2.75) is 0 Å². The van der Waals surface area contributed by atoms with Gasteiger partial charge in [0.1, 0.15) is 0 Å². The van der Waals surface area contributed by atoms with Gasteiger partial charge >= 0.3 is 0 Å². The summed E-state index contributed by atoms with van der Waals surface area (Å²) in [5.74, 6) is 0. The molecule has 0 heterocycles. The van der Waals surface area contributed by atoms with E-state index in [-0.39, 0.29) is 0 Å². The summed E-state index contributed by atoms with van der Waals surface area (Å²) < 4.78 is 2.13. The minimum atomic E-state index is 0.663. The van der Waals surface area contributed by atoms with Crippen LogP contribution in [0.25, 0.3) is 0 Å². The Kier molecular flexibility index (Phi) is 2.61. The first-order valence-electron chi connectivity index (χ1n) is 2.61. The molecular weight excluding hydrogens is 354 g/mol. The van der Waals surface area contributed by atoms with Crippen LogP contribution in [0.4, 0.5) is 11.4 Å². The monoisotopic (exact) mass is 360 g/mol. The molecule has 0 aliphatic rings. The van der Waals surface area contributed by atoms with Crippen LogP contribution in [-0.2, 0) is 0 Å². The van der Waals surface area contributed by atoms with Crippen LogP contribution in [0.5, 0.6) is 0 Å². The largest absolute Gasteiger partial charge is 0.397 e. The highest BCUT2D eigenvalue weighted by molar-refractivity contribution is 14.1. The zero-order valence-corrected chi connectivity index (χ0v) is 9.38. The fourth-order valence-electron chi connectivity index (χ4n) is 0.605. The smallest absolute Gasteiger partial charge is 0.0684 e. The van der Waals surface area contributed by atoms with Crippen molar-refractivity contribution in [3.05, 3.63) is 19.3 Å². The maximum absolute atomic E-state index is 5.61. The molecule has 1 aromatic carbocycles. The number of halogens is 2. The molecule has 10 heavy (non-hydrogen) atoms. The van der Waals surface area contributed by atoms with Crippen LogP contribution in [0.15, 0.2) is 12.1 Å². The van der Waals surface area contributed by atoms with Crippen molar-refractivity contribution in [1.82, 2.24) is 0 Å². The van der Waals surface area contributed by atoms with E-state index in [1.165, 1.54) is 0 Å². The zero-order chi connectivity index (χ0) is 7.72. The van der Waals surface area contributed by atoms with Crippen molar-refractivity contribution < 1.29 is 0 Å². The van der Waals surface area contributed by atoms with E-state index < -0.39 is 0 Å². The van der Waals surface area contributed by atoms with Crippen LogP contribution >= 0.6 is 45.2 Å². The summed E-state index contributed by atoms with van der Waals surface area (Å²) in [7, 11) is 0. The van der Waals surface area contributed by atoms with Crippen LogP contribution in [0.1, 0.15) is 0 Å². The van der Waals surface area contributed by atoms with E-state index in [4.69, 9.17) is 11.5 Å². The average Bonchev–Trinajstić information content (AvgIpc) is 1.82. The third kappa shape index (κ3) is 1.66. The predicted octanol–water partition coefficient (Wildman–Crippen LogP) is 2.06. The Labute approximate surface area is 86.6 Å². The molecule has 1 aromatic rings. The quantitative estimate of drug-likeness (QED) is 0.550. The Bertz CT molecular complexity index is 237. The van der Waals surface area contributed by atoms with Gasteiger partial charge in [-0.3, -0.25) is 0 Å². The minimum absolute atomic E-state index is 0.663. The molecule has 1 rings (SSSR count). The molecule has 0 amide bonds. The Morgan fingerprint density at radius 1 is 1.10 bits per heavy atom. The van der Waals surface area contributed by atoms with Crippen molar-refractivity contribution >= 4 is 56.6 Å². The summed E-state index contributed by atoms with van der Waals surface area (Å²) in [5, 5.41) is 0. The highest BCUT2D eigenvalue weighted by atomic mass is 127. The lowest BCUT2D eigenvalue weighted by Gasteiger charge is -2.02. The van der Waals surface area contributed by atoms with Gasteiger partial charge in [0.25, 0.3) is 0 Å². The summed E-state index contributed by atoms with van der Waals surface area (Å²) in [6, 6.07) is 3.85. The molecule has 4 N–H and O–H groups in total. The van der Waals surface area contributed by atoms with E-state index in [1.54, 1.807) is 0 Å². The number of nitrogens with two attached hydrogens (primary N) is 2. The third-order valence-corrected chi connectivity index (χ3v) is 2.64. The lowest BCUT2D eigenvalue weighted by molar-refractivity contribution is 1.57. The van der Waals surface area contributed by atoms with Crippen molar-refractivity contribution in [2.24, 2.45) is 0 Å². The molecule has 0 atom stereocenters. The van der Waals surface area contributed by atoms with E-state index in [1.807, 2.05) is 12.1 Å². The maximum Gasteiger partial charge on any atom is 0.0684 e. The molecule has 0 unspecified atom stereocenters. The Balaban J connectivity index is 3.31. The molecule has 0 aromatic heterocycles. The molecule has 54 valence electrons. The van der Waals surface area contributed by atoms with E-state index in [2.05, 4.69) is 45.2 Å². The third-order valence-electron chi connectivity index (χ3n) is 1.13. The summed E-state index contributed by atoms with van der Waals surface area (Å²) in [6.45, 7) is 0. The predicted molar refractivity (Wildman–Crippen MR) is 60.7 cm³/mol. The van der Waals surface area contributed by atoms with Gasteiger partial charge in [-0.2, -0.15) is 0 Å². The Morgan fingerprint density at radius 3 is 2.20 bits per heavy atom. The first-order chi connectivity index (χ1) is 4.61. The lowest BCUT2D eigenvalue weighted by Crippen LogP contribution is -1.97. The van der Waals surface area contributed by atoms with Gasteiger partial charge in [-0.05, 0) is 57.3 Å². The average molecular weight is 360 g/mol. The number of anilines is 2. The second-order valence-corrected chi connectivity index (χ2v) is 4.30. The standard InChI is InChI=1S/C6H6I2N2/c7-3-1-4(8)6(10)5(9)2-3/h1-2H,9-10H2. The number of hydrogen-bond donors (Lipinski definition) is 2. The first kappa shape index (κ1) is 8.38. The van der Waals surface area contributed by atoms with Gasteiger partial charge in [0.15, 0.2) is 0 Å². The second-order valence-electron chi connectivity index (χ2n) is 1.89. The van der Waals surface area contributed by atoms with E-state index >= 15 is 0 Å². The molecule has 0 aliphatic carbocycles. The highest BCUT2D eigenvalue weighted by Crippen LogP contribution is 2.24. The summed E-state index contributed by atoms with van der Waals surface area (Å²) in [6.07, 6.45) is 0. The van der Waals surface area contributed by atoms with Gasteiger partial charge < -0.3 is 11.5 Å². The van der Waals surface area contributed by atoms with E-state index in [0.29, 0.717) is 11.4 Å². The molecule has 0 fully saturated rings. The molecule has 2 nitrogen and oxygen atoms in total. The molecule has 0 spiro atoms. The lowest BCUT2D eigenvalue weighted by atomic mass is 10.3. The Morgan fingerprint density at radius 2 is 1.70 bits per heavy atom. The molecule has 0 saturated heterocycles. The highest BCUT2D eigenvalue weighted by Gasteiger charge is 1.99. The van der Waals surface area contributed by atoms with Crippen LogP contribution in [-0.4, -0.2) is 0 Å². The van der Waals surface area contributed by atoms with Crippen molar-refractivity contribution in [1.29, 1.82) is 0 Å². The molecule has 0 bridgehead atoms. The Hall–Kier alpha value is 0.280. The van der Waals surface area contributed by atoms with E-state index in [9.17, 15) is 0 Å². The van der Waals surface area contributed by atoms with Gasteiger partial charge in [0.2, 0.25) is 0 Å². The van der Waals surface area contributed by atoms with Gasteiger partial charge in [0.05, 0.1) is 11.4 Å². The maximum atomic E-state index is 5.61. The van der Waals surface area contributed by atoms with Crippen LogP contribution < -0.4 is 11.5 Å². The number of rotatable bonds is 0. The van der Waals surface area contributed by atoms with Crippen LogP contribution in [0.2, 0.25) is 0 Å². The normalized spacial score (nSPS) is 9.80. The number of benzene rings is 1. The zero-order valence-electron chi connectivity index (χ0n) is 5.07. The van der Waals surface area contributed by atoms with Gasteiger partial charge in [-0.1, -0.05) is 0 Å². The minimum Gasteiger partial charge on any atom is -0.397 e. The van der Waals surface area contributed by atoms with Gasteiger partial charge in [-0.25, -0.2) is 0 Å². The van der Waals surface area contributed by atoms with Gasteiger partial charge in [0, 0.05) is 7.14 Å². The van der Waals surface area contributed by atoms with Crippen LogP contribution in [0, 0.1) is 7.14 Å². The second kappa shape index (κ2) is 3.12. The number of nitrogen functional groups attached to an aromatic ring is 2. The first-order valence-corrected chi connectivity index (χ1v) is 4.77. The molecule has 4 heteroatoms. The fourth-order valence-corrected chi connectivity index (χ4v) is 2.49. The molecule has 0 radical (unpaired) electrons. The van der Waals surface area contributed by atoms with Crippen LogP contribution in [0.3, 0.4) is 0 Å². The molecule has 0 saturated carbocycles. The fraction of sp³-hybridized carbons (Fsp3) is 0. The molecule has 0 aliphatic heterocycles. The molecular formula is C6H6I2N2. The van der Waals surface area contributed by atoms with Crippen molar-refractivity contribution in [3.8, 4) is 0 Å². The van der Waals surface area contributed by atoms with Crippen molar-refractivity contribution in [3.63, 3.8) is 0 Å². The van der Waals surface area contributed by atoms with E-state index in [0.717, 1.165) is 7.14 Å². The summed E-state index contributed by atoms with van der Waals surface area (Å²) in [4.78, 5) is 0. The SMILES string of the molecule is Nc1cc(I)cc(I)c1N. The topological polar surface area (TPSA) is 52.0 Å². The number of hydrogen-bond acceptors (Lipinski definition) is 2. The summed E-state index contributed by atoms with van der Waals surface area (Å²) >= 11 is 4.37.